The van der Waals surface area contributed by atoms with E-state index in [1.54, 1.807) is 0 Å². The Balaban J connectivity index is 1.74. The van der Waals surface area contributed by atoms with Gasteiger partial charge in [0, 0.05) is 18.2 Å². The van der Waals surface area contributed by atoms with Crippen LogP contribution in [0.4, 0.5) is 0 Å². The van der Waals surface area contributed by atoms with Crippen molar-refractivity contribution in [3.63, 3.8) is 0 Å². The lowest BCUT2D eigenvalue weighted by Crippen LogP contribution is -2.48. The van der Waals surface area contributed by atoms with Crippen LogP contribution in [0.5, 0.6) is 11.5 Å². The van der Waals surface area contributed by atoms with Gasteiger partial charge in [0.2, 0.25) is 0 Å². The van der Waals surface area contributed by atoms with Gasteiger partial charge in [0.1, 0.15) is 6.04 Å². The normalized spacial score (nSPS) is 26.3. The van der Waals surface area contributed by atoms with E-state index in [4.69, 9.17) is 14.2 Å². The van der Waals surface area contributed by atoms with Crippen LogP contribution in [-0.2, 0) is 15.9 Å². The van der Waals surface area contributed by atoms with Gasteiger partial charge >= 0.3 is 0 Å². The number of aliphatic hydroxyl groups is 1. The van der Waals surface area contributed by atoms with Gasteiger partial charge in [-0.15, -0.1) is 6.58 Å². The van der Waals surface area contributed by atoms with Crippen LogP contribution in [0.2, 0.25) is 0 Å². The summed E-state index contributed by atoms with van der Waals surface area (Å²) in [5.74, 6) is -0.918. The van der Waals surface area contributed by atoms with Gasteiger partial charge in [0.25, 0.3) is 5.91 Å². The number of rotatable bonds is 6. The number of amides is 1. The second-order valence-corrected chi connectivity index (χ2v) is 7.82. The second kappa shape index (κ2) is 11.1. The molecule has 2 aromatic rings. The molecule has 1 amide bonds. The summed E-state index contributed by atoms with van der Waals surface area (Å²) in [5.41, 5.74) is 0.958. The molecule has 3 N–H and O–H groups in total. The van der Waals surface area contributed by atoms with Crippen molar-refractivity contribution in [2.24, 2.45) is 11.8 Å². The second-order valence-electron chi connectivity index (χ2n) is 7.82. The molecule has 0 saturated carbocycles. The summed E-state index contributed by atoms with van der Waals surface area (Å²) in [6.07, 6.45) is 2.26. The Morgan fingerprint density at radius 2 is 2.06 bits per heavy atom. The van der Waals surface area contributed by atoms with Gasteiger partial charge in [-0.3, -0.25) is 4.79 Å². The minimum Gasteiger partial charge on any atom is -0.503 e. The maximum absolute atomic E-state index is 12.7. The summed E-state index contributed by atoms with van der Waals surface area (Å²) < 4.78 is 16.8. The van der Waals surface area contributed by atoms with Gasteiger partial charge in [-0.1, -0.05) is 36.4 Å². The summed E-state index contributed by atoms with van der Waals surface area (Å²) in [4.78, 5) is 16.6. The summed E-state index contributed by atoms with van der Waals surface area (Å²) >= 11 is 0. The molecule has 0 radical (unpaired) electrons. The molecule has 8 heteroatoms. The van der Waals surface area contributed by atoms with Crippen molar-refractivity contribution < 1.29 is 29.2 Å². The number of carbonyl (C=O) groups is 1. The van der Waals surface area contributed by atoms with Gasteiger partial charge in [-0.2, -0.15) is 0 Å². The Labute approximate surface area is 187 Å². The molecule has 8 nitrogen and oxygen atoms in total. The first kappa shape index (κ1) is 23.7. The Kier molecular flexibility index (Phi) is 8.21. The van der Waals surface area contributed by atoms with Crippen LogP contribution in [-0.4, -0.2) is 59.9 Å². The van der Waals surface area contributed by atoms with Crippen molar-refractivity contribution >= 4 is 5.91 Å². The van der Waals surface area contributed by atoms with Crippen molar-refractivity contribution in [2.75, 3.05) is 20.3 Å². The number of nitrogens with zero attached hydrogens (tertiary/aromatic N) is 1. The van der Waals surface area contributed by atoms with Crippen molar-refractivity contribution in [1.29, 1.82) is 0 Å². The van der Waals surface area contributed by atoms with Crippen molar-refractivity contribution in [3.8, 4) is 11.5 Å². The zero-order valence-electron chi connectivity index (χ0n) is 18.3. The average molecular weight is 443 g/mol. The number of ether oxygens (including phenoxy) is 3. The maximum atomic E-state index is 12.7. The number of hydrogen-bond acceptors (Lipinski definition) is 7. The number of carbonyl (C=O) groups excluding carboxylic acids is 1. The summed E-state index contributed by atoms with van der Waals surface area (Å²) in [6.45, 7) is 6.25. The number of aliphatic hydroxyl groups excluding tert-OH is 1. The number of methoxy groups -OCH3 is 1. The van der Waals surface area contributed by atoms with Crippen LogP contribution < -0.4 is 10.1 Å². The molecule has 1 unspecified atom stereocenters. The summed E-state index contributed by atoms with van der Waals surface area (Å²) in [5, 5.41) is 23.5. The van der Waals surface area contributed by atoms with Crippen LogP contribution in [0.1, 0.15) is 23.0 Å². The number of aromatic hydroxyl groups is 1. The van der Waals surface area contributed by atoms with E-state index >= 15 is 0 Å². The fourth-order valence-corrected chi connectivity index (χ4v) is 3.94. The number of pyridine rings is 1. The van der Waals surface area contributed by atoms with Gasteiger partial charge in [-0.05, 0) is 24.8 Å². The molecule has 32 heavy (non-hydrogen) atoms. The van der Waals surface area contributed by atoms with E-state index in [9.17, 15) is 15.0 Å². The lowest BCUT2D eigenvalue weighted by atomic mass is 9.84. The molecule has 0 spiro atoms. The minimum atomic E-state index is -1.32. The fraction of sp³-hybridized carbons (Fsp3) is 0.417. The lowest BCUT2D eigenvalue weighted by molar-refractivity contribution is -0.159. The van der Waals surface area contributed by atoms with E-state index in [1.165, 1.54) is 24.9 Å². The van der Waals surface area contributed by atoms with Gasteiger partial charge in [0.15, 0.2) is 23.5 Å². The van der Waals surface area contributed by atoms with Crippen LogP contribution in [0.25, 0.3) is 0 Å². The Morgan fingerprint density at radius 1 is 1.31 bits per heavy atom. The predicted octanol–water partition coefficient (Wildman–Crippen LogP) is 2.31. The third-order valence-electron chi connectivity index (χ3n) is 5.67. The minimum absolute atomic E-state index is 0.0273. The smallest absolute Gasteiger partial charge is 0.274 e. The zero-order valence-corrected chi connectivity index (χ0v) is 18.3. The molecule has 1 aromatic carbocycles. The van der Waals surface area contributed by atoms with E-state index in [0.29, 0.717) is 6.61 Å². The van der Waals surface area contributed by atoms with Crippen molar-refractivity contribution in [3.05, 3.63) is 66.5 Å². The summed E-state index contributed by atoms with van der Waals surface area (Å²) in [7, 11) is 1.38. The first-order valence-electron chi connectivity index (χ1n) is 10.5. The standard InChI is InChI=1S/C24H30N2O6/c1-4-18-15(2)32-24(29)19(14-31-13-17(18)12-16-8-6-5-7-9-16)26-23(28)21-22(27)20(30-3)10-11-25-21/h4-11,15,17-19,24,27,29H,1,12-14H2,2-3H3,(H,26,28)/t15-,17-,18-,19-,24?/m0/s1. The third-order valence-corrected chi connectivity index (χ3v) is 5.67. The van der Waals surface area contributed by atoms with Gasteiger partial charge < -0.3 is 29.7 Å². The summed E-state index contributed by atoms with van der Waals surface area (Å²) in [6, 6.07) is 10.7. The number of benzene rings is 1. The Morgan fingerprint density at radius 3 is 2.75 bits per heavy atom. The first-order chi connectivity index (χ1) is 15.4. The van der Waals surface area contributed by atoms with E-state index in [2.05, 4.69) is 29.0 Å². The SMILES string of the molecule is C=C[C@@H]1[C@@H](Cc2ccccc2)COC[C@H](NC(=O)c2nccc(OC)c2O)C(O)O[C@H]1C. The molecule has 172 valence electrons. The zero-order chi connectivity index (χ0) is 23.1. The highest BCUT2D eigenvalue weighted by Crippen LogP contribution is 2.29. The molecular weight excluding hydrogens is 412 g/mol. The van der Waals surface area contributed by atoms with E-state index in [-0.39, 0.29) is 41.7 Å². The van der Waals surface area contributed by atoms with Crippen LogP contribution in [0.3, 0.4) is 0 Å². The molecule has 2 heterocycles. The van der Waals surface area contributed by atoms with E-state index in [0.717, 1.165) is 6.42 Å². The molecule has 3 rings (SSSR count). The first-order valence-corrected chi connectivity index (χ1v) is 10.5. The number of hydrogen-bond donors (Lipinski definition) is 3. The largest absolute Gasteiger partial charge is 0.503 e. The van der Waals surface area contributed by atoms with E-state index < -0.39 is 18.2 Å². The molecule has 0 bridgehead atoms. The Hall–Kier alpha value is -2.94. The maximum Gasteiger partial charge on any atom is 0.274 e. The predicted molar refractivity (Wildman–Crippen MR) is 118 cm³/mol. The Bertz CT molecular complexity index is 907. The quantitative estimate of drug-likeness (QED) is 0.589. The highest BCUT2D eigenvalue weighted by molar-refractivity contribution is 5.95. The highest BCUT2D eigenvalue weighted by Gasteiger charge is 2.33. The molecule has 1 fully saturated rings. The molecule has 1 saturated heterocycles. The third kappa shape index (κ3) is 5.64. The molecule has 0 aliphatic carbocycles. The van der Waals surface area contributed by atoms with Gasteiger partial charge in [-0.25, -0.2) is 4.98 Å². The average Bonchev–Trinajstić information content (AvgIpc) is 2.83. The van der Waals surface area contributed by atoms with E-state index in [1.807, 2.05) is 31.2 Å². The van der Waals surface area contributed by atoms with Gasteiger partial charge in [0.05, 0.1) is 26.4 Å². The fourth-order valence-electron chi connectivity index (χ4n) is 3.94. The molecule has 1 aliphatic heterocycles. The molecule has 1 aromatic heterocycles. The van der Waals surface area contributed by atoms with Crippen LogP contribution in [0, 0.1) is 11.8 Å². The van der Waals surface area contributed by atoms with Crippen molar-refractivity contribution in [2.45, 2.75) is 31.8 Å². The van der Waals surface area contributed by atoms with Crippen molar-refractivity contribution in [1.82, 2.24) is 10.3 Å². The topological polar surface area (TPSA) is 110 Å². The highest BCUT2D eigenvalue weighted by atomic mass is 16.6. The number of nitrogens with one attached hydrogen (secondary N) is 1. The lowest BCUT2D eigenvalue weighted by Gasteiger charge is -2.30. The molecule has 1 aliphatic rings. The van der Waals surface area contributed by atoms with Crippen LogP contribution >= 0.6 is 0 Å². The van der Waals surface area contributed by atoms with Crippen LogP contribution in [0.15, 0.2) is 55.3 Å². The monoisotopic (exact) mass is 442 g/mol. The number of aromatic nitrogens is 1. The molecule has 5 atom stereocenters. The molecular formula is C24H30N2O6.